The summed E-state index contributed by atoms with van der Waals surface area (Å²) in [5.74, 6) is -0.164. The van der Waals surface area contributed by atoms with E-state index in [-0.39, 0.29) is 11.9 Å². The van der Waals surface area contributed by atoms with Gasteiger partial charge in [-0.05, 0) is 13.8 Å². The highest BCUT2D eigenvalue weighted by Crippen LogP contribution is 2.34. The summed E-state index contributed by atoms with van der Waals surface area (Å²) in [5, 5.41) is 0. The summed E-state index contributed by atoms with van der Waals surface area (Å²) < 4.78 is 4.17. The van der Waals surface area contributed by atoms with Crippen LogP contribution in [0, 0.1) is 0 Å². The van der Waals surface area contributed by atoms with Gasteiger partial charge in [0.1, 0.15) is 0 Å². The van der Waals surface area contributed by atoms with Gasteiger partial charge in [-0.25, -0.2) is 0 Å². The highest BCUT2D eigenvalue weighted by Gasteiger charge is 2.25. The van der Waals surface area contributed by atoms with Crippen LogP contribution in [0.3, 0.4) is 0 Å². The summed E-state index contributed by atoms with van der Waals surface area (Å²) >= 11 is 9.26. The van der Waals surface area contributed by atoms with Crippen LogP contribution in [0.4, 0.5) is 0 Å². The van der Waals surface area contributed by atoms with Gasteiger partial charge in [-0.2, -0.15) is 0 Å². The Morgan fingerprint density at radius 3 is 2.25 bits per heavy atom. The zero-order valence-electron chi connectivity index (χ0n) is 6.68. The minimum Gasteiger partial charge on any atom is -0.498 e. The number of carbonyl (C=O) groups is 1. The minimum atomic E-state index is -0.871. The second kappa shape index (κ2) is 5.40. The van der Waals surface area contributed by atoms with Gasteiger partial charge in [0.05, 0.1) is 12.4 Å². The lowest BCUT2D eigenvalue weighted by atomic mass is 10.4. The third-order valence-corrected chi connectivity index (χ3v) is 2.02. The molecule has 0 aliphatic rings. The van der Waals surface area contributed by atoms with Crippen LogP contribution < -0.4 is 0 Å². The lowest BCUT2D eigenvalue weighted by Crippen LogP contribution is -2.13. The fraction of sp³-hybridized carbons (Fsp3) is 0.571. The maximum absolute atomic E-state index is 11.1. The molecule has 0 rings (SSSR count). The molecule has 0 saturated heterocycles. The number of alkyl halides is 3. The van der Waals surface area contributed by atoms with Gasteiger partial charge in [0.15, 0.2) is 7.93 Å². The zero-order valence-corrected chi connectivity index (χ0v) is 11.4. The largest absolute Gasteiger partial charge is 0.498 e. The van der Waals surface area contributed by atoms with Crippen molar-refractivity contribution in [3.63, 3.8) is 0 Å². The molecule has 12 heavy (non-hydrogen) atoms. The summed E-state index contributed by atoms with van der Waals surface area (Å²) in [7, 11) is 0. The van der Waals surface area contributed by atoms with Crippen molar-refractivity contribution < 1.29 is 9.53 Å². The van der Waals surface area contributed by atoms with Crippen molar-refractivity contribution in [2.24, 2.45) is 0 Å². The summed E-state index contributed by atoms with van der Waals surface area (Å²) in [6.45, 7) is 3.77. The van der Waals surface area contributed by atoms with Crippen molar-refractivity contribution in [3.8, 4) is 0 Å². The Hall–Kier alpha value is 0.650. The van der Waals surface area contributed by atoms with E-state index >= 15 is 0 Å². The summed E-state index contributed by atoms with van der Waals surface area (Å²) in [6, 6.07) is 0. The van der Waals surface area contributed by atoms with Gasteiger partial charge < -0.3 is 4.74 Å². The first kappa shape index (κ1) is 12.7. The van der Waals surface area contributed by atoms with Crippen molar-refractivity contribution in [2.45, 2.75) is 22.1 Å². The van der Waals surface area contributed by atoms with Gasteiger partial charge in [0.25, 0.3) is 0 Å². The molecule has 0 radical (unpaired) electrons. The quantitative estimate of drug-likeness (QED) is 0.436. The van der Waals surface area contributed by atoms with E-state index in [1.165, 1.54) is 12.3 Å². The number of rotatable bonds is 3. The Labute approximate surface area is 97.1 Å². The summed E-state index contributed by atoms with van der Waals surface area (Å²) in [6.07, 6.45) is 2.81. The van der Waals surface area contributed by atoms with Crippen LogP contribution in [-0.4, -0.2) is 14.0 Å². The highest BCUT2D eigenvalue weighted by molar-refractivity contribution is 9.40. The van der Waals surface area contributed by atoms with Gasteiger partial charge >= 0.3 is 0 Å². The van der Waals surface area contributed by atoms with E-state index in [0.717, 1.165) is 0 Å². The molecule has 0 aromatic heterocycles. The molecule has 0 unspecified atom stereocenters. The molecular weight excluding hydrogens is 356 g/mol. The van der Waals surface area contributed by atoms with Crippen LogP contribution in [-0.2, 0) is 9.53 Å². The minimum absolute atomic E-state index is 0.0874. The molecule has 0 aromatic carbocycles. The number of carbonyl (C=O) groups excluding carboxylic acids is 1. The Bertz CT molecular complexity index is 182. The third kappa shape index (κ3) is 6.20. The second-order valence-electron chi connectivity index (χ2n) is 2.35. The first-order chi connectivity index (χ1) is 5.34. The molecular formula is C7H9Br3O2. The van der Waals surface area contributed by atoms with Crippen LogP contribution >= 0.6 is 47.8 Å². The first-order valence-corrected chi connectivity index (χ1v) is 5.65. The van der Waals surface area contributed by atoms with E-state index in [4.69, 9.17) is 4.74 Å². The molecule has 0 bridgehead atoms. The molecule has 70 valence electrons. The van der Waals surface area contributed by atoms with Gasteiger partial charge in [0.2, 0.25) is 0 Å². The van der Waals surface area contributed by atoms with Crippen LogP contribution in [0.25, 0.3) is 0 Å². The molecule has 0 fully saturated rings. The van der Waals surface area contributed by atoms with E-state index in [1.54, 1.807) is 0 Å². The molecule has 0 aromatic rings. The summed E-state index contributed by atoms with van der Waals surface area (Å²) in [5.41, 5.74) is 0. The Morgan fingerprint density at radius 1 is 1.42 bits per heavy atom. The van der Waals surface area contributed by atoms with Gasteiger partial charge in [-0.15, -0.1) is 0 Å². The van der Waals surface area contributed by atoms with E-state index in [2.05, 4.69) is 47.8 Å². The number of hydrogen-bond donors (Lipinski definition) is 0. The standard InChI is InChI=1S/C7H9Br3O2/c1-5(2)12-4-3-6(11)7(8,9)10/h3-5H,1-2H3. The lowest BCUT2D eigenvalue weighted by Gasteiger charge is -2.07. The second-order valence-corrected chi connectivity index (χ2v) is 9.11. The number of hydrogen-bond acceptors (Lipinski definition) is 2. The molecule has 2 nitrogen and oxygen atoms in total. The molecule has 0 saturated carbocycles. The normalized spacial score (nSPS) is 12.5. The predicted octanol–water partition coefficient (Wildman–Crippen LogP) is 3.33. The van der Waals surface area contributed by atoms with E-state index in [0.29, 0.717) is 0 Å². The predicted molar refractivity (Wildman–Crippen MR) is 59.9 cm³/mol. The maximum Gasteiger partial charge on any atom is 0.196 e. The molecule has 0 heterocycles. The summed E-state index contributed by atoms with van der Waals surface area (Å²) in [4.78, 5) is 11.1. The molecule has 0 amide bonds. The van der Waals surface area contributed by atoms with Crippen molar-refractivity contribution in [1.82, 2.24) is 0 Å². The Morgan fingerprint density at radius 2 is 1.92 bits per heavy atom. The smallest absolute Gasteiger partial charge is 0.196 e. The fourth-order valence-electron chi connectivity index (χ4n) is 0.353. The SMILES string of the molecule is CC(C)OC=CC(=O)C(Br)(Br)Br. The zero-order chi connectivity index (χ0) is 9.78. The number of ether oxygens (including phenoxy) is 1. The molecule has 0 aliphatic carbocycles. The van der Waals surface area contributed by atoms with Gasteiger partial charge in [-0.3, -0.25) is 4.79 Å². The molecule has 0 N–H and O–H groups in total. The first-order valence-electron chi connectivity index (χ1n) is 3.27. The van der Waals surface area contributed by atoms with Crippen LogP contribution in [0.5, 0.6) is 0 Å². The Balaban J connectivity index is 3.93. The topological polar surface area (TPSA) is 26.3 Å². The van der Waals surface area contributed by atoms with Crippen molar-refractivity contribution in [1.29, 1.82) is 0 Å². The number of halogens is 3. The van der Waals surface area contributed by atoms with E-state index in [1.807, 2.05) is 13.8 Å². The lowest BCUT2D eigenvalue weighted by molar-refractivity contribution is -0.113. The maximum atomic E-state index is 11.1. The average Bonchev–Trinajstić information content (AvgIpc) is 1.84. The third-order valence-electron chi connectivity index (χ3n) is 0.850. The van der Waals surface area contributed by atoms with Crippen LogP contribution in [0.15, 0.2) is 12.3 Å². The number of allylic oxidation sites excluding steroid dienone is 1. The number of ketones is 1. The fourth-order valence-corrected chi connectivity index (χ4v) is 0.749. The van der Waals surface area contributed by atoms with Gasteiger partial charge in [-0.1, -0.05) is 47.8 Å². The van der Waals surface area contributed by atoms with E-state index < -0.39 is 2.14 Å². The molecule has 5 heteroatoms. The van der Waals surface area contributed by atoms with Crippen LogP contribution in [0.2, 0.25) is 0 Å². The monoisotopic (exact) mass is 362 g/mol. The molecule has 0 atom stereocenters. The molecule has 0 aliphatic heterocycles. The molecule has 0 spiro atoms. The van der Waals surface area contributed by atoms with Crippen molar-refractivity contribution in [3.05, 3.63) is 12.3 Å². The van der Waals surface area contributed by atoms with Gasteiger partial charge in [0, 0.05) is 6.08 Å². The average molecular weight is 365 g/mol. The highest BCUT2D eigenvalue weighted by atomic mass is 80.0. The van der Waals surface area contributed by atoms with Crippen LogP contribution in [0.1, 0.15) is 13.8 Å². The van der Waals surface area contributed by atoms with E-state index in [9.17, 15) is 4.79 Å². The van der Waals surface area contributed by atoms with Crippen molar-refractivity contribution in [2.75, 3.05) is 0 Å². The van der Waals surface area contributed by atoms with Crippen molar-refractivity contribution >= 4 is 53.6 Å². The Kier molecular flexibility index (Phi) is 5.69.